The summed E-state index contributed by atoms with van der Waals surface area (Å²) < 4.78 is 34.0. The first kappa shape index (κ1) is 16.2. The van der Waals surface area contributed by atoms with Gasteiger partial charge in [0.05, 0.1) is 19.7 Å². The number of rotatable bonds is 5. The van der Waals surface area contributed by atoms with Crippen LogP contribution in [0.3, 0.4) is 0 Å². The molecule has 0 N–H and O–H groups in total. The Kier molecular flexibility index (Phi) is 4.29. The van der Waals surface area contributed by atoms with Gasteiger partial charge in [-0.05, 0) is 12.5 Å². The average molecular weight is 340 g/mol. The summed E-state index contributed by atoms with van der Waals surface area (Å²) in [6.45, 7) is 1.96. The highest BCUT2D eigenvalue weighted by Crippen LogP contribution is 2.40. The van der Waals surface area contributed by atoms with Gasteiger partial charge in [-0.1, -0.05) is 6.07 Å². The van der Waals surface area contributed by atoms with Crippen molar-refractivity contribution in [3.05, 3.63) is 24.4 Å². The minimum atomic E-state index is -3.30. The maximum atomic E-state index is 11.9. The zero-order valence-corrected chi connectivity index (χ0v) is 13.8. The van der Waals surface area contributed by atoms with Gasteiger partial charge in [-0.25, -0.2) is 13.4 Å². The second-order valence-electron chi connectivity index (χ2n) is 6.20. The van der Waals surface area contributed by atoms with Gasteiger partial charge in [-0.2, -0.15) is 0 Å². The minimum Gasteiger partial charge on any atom is -0.477 e. The highest BCUT2D eigenvalue weighted by molar-refractivity contribution is 7.91. The van der Waals surface area contributed by atoms with Crippen LogP contribution in [0.1, 0.15) is 6.42 Å². The second kappa shape index (κ2) is 6.09. The van der Waals surface area contributed by atoms with Crippen molar-refractivity contribution in [1.29, 1.82) is 0 Å². The second-order valence-corrected chi connectivity index (χ2v) is 8.34. The van der Waals surface area contributed by atoms with Crippen LogP contribution in [0.25, 0.3) is 0 Å². The van der Waals surface area contributed by atoms with Crippen molar-refractivity contribution >= 4 is 15.7 Å². The molecule has 3 heterocycles. The maximum Gasteiger partial charge on any atom is 0.237 e. The van der Waals surface area contributed by atoms with Crippen LogP contribution in [0.15, 0.2) is 24.4 Å². The smallest absolute Gasteiger partial charge is 0.237 e. The van der Waals surface area contributed by atoms with Crippen molar-refractivity contribution in [2.45, 2.75) is 12.0 Å². The van der Waals surface area contributed by atoms with E-state index in [1.807, 2.05) is 12.1 Å². The van der Waals surface area contributed by atoms with E-state index in [1.165, 1.54) is 0 Å². The SMILES string of the molecule is CS(=O)(=O)CC(=O)N1CC2(C1)OCCC2COc1ccccn1. The maximum absolute atomic E-state index is 11.9. The van der Waals surface area contributed by atoms with Crippen molar-refractivity contribution in [1.82, 2.24) is 9.88 Å². The molecule has 0 radical (unpaired) electrons. The predicted molar refractivity (Wildman–Crippen MR) is 82.8 cm³/mol. The Hall–Kier alpha value is -1.67. The third kappa shape index (κ3) is 3.64. The fraction of sp³-hybridized carbons (Fsp3) is 0.600. The number of hydrogen-bond donors (Lipinski definition) is 0. The molecule has 2 fully saturated rings. The molecule has 1 aromatic heterocycles. The van der Waals surface area contributed by atoms with Crippen LogP contribution in [-0.4, -0.2) is 68.1 Å². The molecule has 3 rings (SSSR count). The lowest BCUT2D eigenvalue weighted by Gasteiger charge is -2.50. The Morgan fingerprint density at radius 1 is 1.48 bits per heavy atom. The van der Waals surface area contributed by atoms with Crippen LogP contribution in [-0.2, 0) is 19.4 Å². The largest absolute Gasteiger partial charge is 0.477 e. The van der Waals surface area contributed by atoms with E-state index < -0.39 is 21.2 Å². The van der Waals surface area contributed by atoms with Crippen molar-refractivity contribution in [3.63, 3.8) is 0 Å². The van der Waals surface area contributed by atoms with E-state index in [4.69, 9.17) is 9.47 Å². The number of hydrogen-bond acceptors (Lipinski definition) is 6. The number of likely N-dealkylation sites (tertiary alicyclic amines) is 1. The summed E-state index contributed by atoms with van der Waals surface area (Å²) in [5.74, 6) is -0.0678. The standard InChI is InChI=1S/C15H20N2O5S/c1-23(19,20)9-14(18)17-10-15(11-17)12(5-7-22-15)8-21-13-4-2-3-6-16-13/h2-4,6,12H,5,7-11H2,1H3. The number of sulfone groups is 1. The molecule has 0 aromatic carbocycles. The Labute approximate surface area is 135 Å². The van der Waals surface area contributed by atoms with E-state index in [0.717, 1.165) is 12.7 Å². The normalized spacial score (nSPS) is 22.8. The topological polar surface area (TPSA) is 85.8 Å². The summed E-state index contributed by atoms with van der Waals surface area (Å²) >= 11 is 0. The molecule has 1 atom stereocenters. The highest BCUT2D eigenvalue weighted by Gasteiger charge is 2.54. The summed E-state index contributed by atoms with van der Waals surface area (Å²) in [5, 5.41) is 0. The Morgan fingerprint density at radius 3 is 2.91 bits per heavy atom. The molecule has 126 valence electrons. The summed E-state index contributed by atoms with van der Waals surface area (Å²) in [6, 6.07) is 5.48. The molecule has 2 aliphatic rings. The molecule has 1 spiro atoms. The first-order valence-electron chi connectivity index (χ1n) is 7.51. The number of pyridine rings is 1. The van der Waals surface area contributed by atoms with E-state index in [1.54, 1.807) is 17.2 Å². The molecule has 7 nitrogen and oxygen atoms in total. The first-order valence-corrected chi connectivity index (χ1v) is 9.57. The lowest BCUT2D eigenvalue weighted by molar-refractivity contribution is -0.164. The van der Waals surface area contributed by atoms with Gasteiger partial charge >= 0.3 is 0 Å². The Morgan fingerprint density at radius 2 is 2.26 bits per heavy atom. The van der Waals surface area contributed by atoms with Crippen molar-refractivity contribution < 1.29 is 22.7 Å². The molecule has 23 heavy (non-hydrogen) atoms. The van der Waals surface area contributed by atoms with Crippen molar-refractivity contribution in [2.24, 2.45) is 5.92 Å². The third-order valence-electron chi connectivity index (χ3n) is 4.33. The third-order valence-corrected chi connectivity index (χ3v) is 5.10. The van der Waals surface area contributed by atoms with Crippen LogP contribution in [0.4, 0.5) is 0 Å². The molecule has 8 heteroatoms. The Balaban J connectivity index is 1.55. The van der Waals surface area contributed by atoms with Crippen LogP contribution in [0, 0.1) is 5.92 Å². The van der Waals surface area contributed by atoms with Gasteiger partial charge in [0.25, 0.3) is 0 Å². The monoisotopic (exact) mass is 340 g/mol. The van der Waals surface area contributed by atoms with Gasteiger partial charge in [-0.15, -0.1) is 0 Å². The quantitative estimate of drug-likeness (QED) is 0.757. The van der Waals surface area contributed by atoms with Gasteiger partial charge in [-0.3, -0.25) is 4.79 Å². The Bertz CT molecular complexity index is 670. The van der Waals surface area contributed by atoms with Crippen molar-refractivity contribution in [3.8, 4) is 5.88 Å². The van der Waals surface area contributed by atoms with Gasteiger partial charge in [0.1, 0.15) is 11.4 Å². The lowest BCUT2D eigenvalue weighted by atomic mass is 9.81. The summed E-state index contributed by atoms with van der Waals surface area (Å²) in [4.78, 5) is 17.6. The highest BCUT2D eigenvalue weighted by atomic mass is 32.2. The van der Waals surface area contributed by atoms with Gasteiger partial charge in [0, 0.05) is 31.0 Å². The number of carbonyl (C=O) groups excluding carboxylic acids is 1. The number of nitrogens with zero attached hydrogens (tertiary/aromatic N) is 2. The van der Waals surface area contributed by atoms with E-state index in [2.05, 4.69) is 4.98 Å². The van der Waals surface area contributed by atoms with E-state index in [0.29, 0.717) is 32.2 Å². The predicted octanol–water partition coefficient (Wildman–Crippen LogP) is 0.123. The van der Waals surface area contributed by atoms with Crippen LogP contribution >= 0.6 is 0 Å². The van der Waals surface area contributed by atoms with Crippen LogP contribution in [0.2, 0.25) is 0 Å². The number of amides is 1. The minimum absolute atomic E-state index is 0.173. The van der Waals surface area contributed by atoms with Gasteiger partial charge < -0.3 is 14.4 Å². The first-order chi connectivity index (χ1) is 10.9. The molecule has 1 unspecified atom stereocenters. The molecular formula is C15H20N2O5S. The fourth-order valence-electron chi connectivity index (χ4n) is 3.08. The average Bonchev–Trinajstić information content (AvgIpc) is 2.86. The van der Waals surface area contributed by atoms with E-state index >= 15 is 0 Å². The number of aromatic nitrogens is 1. The summed E-state index contributed by atoms with van der Waals surface area (Å²) in [7, 11) is -3.30. The molecule has 1 aromatic rings. The van der Waals surface area contributed by atoms with Crippen LogP contribution < -0.4 is 4.74 Å². The molecular weight excluding hydrogens is 320 g/mol. The number of ether oxygens (including phenoxy) is 2. The number of carbonyl (C=O) groups is 1. The zero-order valence-electron chi connectivity index (χ0n) is 13.0. The lowest BCUT2D eigenvalue weighted by Crippen LogP contribution is -2.67. The summed E-state index contributed by atoms with van der Waals surface area (Å²) in [5.41, 5.74) is -0.401. The molecule has 2 aliphatic heterocycles. The van der Waals surface area contributed by atoms with Gasteiger partial charge in [0.2, 0.25) is 11.8 Å². The molecule has 0 bridgehead atoms. The van der Waals surface area contributed by atoms with Crippen molar-refractivity contribution in [2.75, 3.05) is 38.3 Å². The van der Waals surface area contributed by atoms with E-state index in [9.17, 15) is 13.2 Å². The molecule has 0 aliphatic carbocycles. The molecule has 0 saturated carbocycles. The summed E-state index contributed by atoms with van der Waals surface area (Å²) in [6.07, 6.45) is 3.60. The fourth-order valence-corrected chi connectivity index (χ4v) is 3.71. The van der Waals surface area contributed by atoms with Crippen LogP contribution in [0.5, 0.6) is 5.88 Å². The van der Waals surface area contributed by atoms with Gasteiger partial charge in [0.15, 0.2) is 9.84 Å². The molecule has 2 saturated heterocycles. The van der Waals surface area contributed by atoms with E-state index in [-0.39, 0.29) is 11.8 Å². The zero-order chi connectivity index (χ0) is 16.5. The molecule has 1 amide bonds.